The number of nitrogens with one attached hydrogen (secondary N) is 1. The number of hydrogen-bond acceptors (Lipinski definition) is 4. The van der Waals surface area contributed by atoms with Gasteiger partial charge in [-0.05, 0) is 40.1 Å². The summed E-state index contributed by atoms with van der Waals surface area (Å²) in [7, 11) is 0. The van der Waals surface area contributed by atoms with Crippen molar-refractivity contribution in [1.82, 2.24) is 0 Å². The predicted octanol–water partition coefficient (Wildman–Crippen LogP) is 3.15. The number of carbonyl (C=O) groups is 2. The topological polar surface area (TPSA) is 81.4 Å². The fourth-order valence-electron chi connectivity index (χ4n) is 3.06. The van der Waals surface area contributed by atoms with Crippen LogP contribution in [0.5, 0.6) is 0 Å². The highest BCUT2D eigenvalue weighted by Crippen LogP contribution is 2.45. The third-order valence-electron chi connectivity index (χ3n) is 4.07. The van der Waals surface area contributed by atoms with Crippen LogP contribution in [0.2, 0.25) is 0 Å². The van der Waals surface area contributed by atoms with Gasteiger partial charge in [0.2, 0.25) is 5.91 Å². The van der Waals surface area contributed by atoms with E-state index in [0.29, 0.717) is 12.2 Å². The molecule has 124 valence electrons. The number of fused-ring (bicyclic) bond motifs is 3. The van der Waals surface area contributed by atoms with E-state index >= 15 is 0 Å². The maximum absolute atomic E-state index is 11.8. The number of anilines is 1. The van der Waals surface area contributed by atoms with Crippen LogP contribution in [-0.2, 0) is 9.53 Å². The number of primary amides is 1. The third kappa shape index (κ3) is 3.23. The zero-order valence-corrected chi connectivity index (χ0v) is 13.9. The van der Waals surface area contributed by atoms with E-state index in [1.165, 1.54) is 0 Å². The summed E-state index contributed by atoms with van der Waals surface area (Å²) in [6.45, 7) is 0.174. The maximum Gasteiger partial charge on any atom is 0.404 e. The van der Waals surface area contributed by atoms with E-state index in [2.05, 4.69) is 17.9 Å². The molecule has 0 bridgehead atoms. The first-order chi connectivity index (χ1) is 11.6. The Labute approximate surface area is 145 Å². The first-order valence-electron chi connectivity index (χ1n) is 7.66. The molecule has 3 N–H and O–H groups in total. The van der Waals surface area contributed by atoms with Crippen molar-refractivity contribution >= 4 is 30.3 Å². The first-order valence-corrected chi connectivity index (χ1v) is 8.29. The standard InChI is InChI=1S/C18H18N2O3S/c19-18(22)23-10-16-13-4-2-1-3-12(13)14-6-5-11(9-15(14)16)20-17(21)7-8-24/h1-6,9,16,24H,7-8,10H2,(H2,19,22)(H,20,21). The molecule has 1 aliphatic carbocycles. The Hall–Kier alpha value is -2.47. The van der Waals surface area contributed by atoms with Crippen molar-refractivity contribution in [3.8, 4) is 11.1 Å². The van der Waals surface area contributed by atoms with Gasteiger partial charge in [-0.25, -0.2) is 4.79 Å². The van der Waals surface area contributed by atoms with Crippen LogP contribution in [-0.4, -0.2) is 24.4 Å². The van der Waals surface area contributed by atoms with Crippen LogP contribution >= 0.6 is 12.6 Å². The van der Waals surface area contributed by atoms with Crippen molar-refractivity contribution < 1.29 is 14.3 Å². The van der Waals surface area contributed by atoms with E-state index in [-0.39, 0.29) is 18.4 Å². The molecule has 1 atom stereocenters. The van der Waals surface area contributed by atoms with Crippen LogP contribution in [0, 0.1) is 0 Å². The van der Waals surface area contributed by atoms with Gasteiger partial charge in [-0.3, -0.25) is 4.79 Å². The summed E-state index contributed by atoms with van der Waals surface area (Å²) >= 11 is 4.07. The SMILES string of the molecule is NC(=O)OCC1c2ccccc2-c2ccc(NC(=O)CCS)cc21. The highest BCUT2D eigenvalue weighted by Gasteiger charge is 2.29. The van der Waals surface area contributed by atoms with Gasteiger partial charge in [-0.1, -0.05) is 30.3 Å². The Morgan fingerprint density at radius 3 is 2.62 bits per heavy atom. The minimum atomic E-state index is -0.792. The van der Waals surface area contributed by atoms with E-state index in [0.717, 1.165) is 27.9 Å². The van der Waals surface area contributed by atoms with E-state index in [1.807, 2.05) is 42.5 Å². The number of thiol groups is 1. The van der Waals surface area contributed by atoms with Crippen LogP contribution in [0.4, 0.5) is 10.5 Å². The molecule has 6 heteroatoms. The van der Waals surface area contributed by atoms with Gasteiger partial charge in [0.25, 0.3) is 0 Å². The lowest BCUT2D eigenvalue weighted by Gasteiger charge is -2.14. The van der Waals surface area contributed by atoms with Gasteiger partial charge in [-0.15, -0.1) is 0 Å². The summed E-state index contributed by atoms with van der Waals surface area (Å²) in [6.07, 6.45) is -0.437. The normalized spacial score (nSPS) is 14.6. The zero-order chi connectivity index (χ0) is 17.1. The number of ether oxygens (including phenoxy) is 1. The molecule has 0 aromatic heterocycles. The highest BCUT2D eigenvalue weighted by atomic mass is 32.1. The van der Waals surface area contributed by atoms with Gasteiger partial charge in [0, 0.05) is 18.0 Å². The van der Waals surface area contributed by atoms with Gasteiger partial charge >= 0.3 is 6.09 Å². The van der Waals surface area contributed by atoms with E-state index in [1.54, 1.807) is 0 Å². The molecule has 0 fully saturated rings. The first kappa shape index (κ1) is 16.4. The number of nitrogens with two attached hydrogens (primary N) is 1. The van der Waals surface area contributed by atoms with Crippen molar-refractivity contribution in [2.75, 3.05) is 17.7 Å². The maximum atomic E-state index is 11.8. The van der Waals surface area contributed by atoms with Crippen molar-refractivity contribution in [3.63, 3.8) is 0 Å². The van der Waals surface area contributed by atoms with Crippen LogP contribution < -0.4 is 11.1 Å². The summed E-state index contributed by atoms with van der Waals surface area (Å²) < 4.78 is 5.04. The minimum absolute atomic E-state index is 0.0783. The summed E-state index contributed by atoms with van der Waals surface area (Å²) in [5, 5.41) is 2.86. The molecule has 2 amide bonds. The van der Waals surface area contributed by atoms with Crippen LogP contribution in [0.1, 0.15) is 23.5 Å². The summed E-state index contributed by atoms with van der Waals surface area (Å²) in [5.41, 5.74) is 10.1. The third-order valence-corrected chi connectivity index (χ3v) is 4.29. The van der Waals surface area contributed by atoms with Crippen molar-refractivity contribution in [3.05, 3.63) is 53.6 Å². The minimum Gasteiger partial charge on any atom is -0.449 e. The summed E-state index contributed by atoms with van der Waals surface area (Å²) in [6, 6.07) is 13.8. The van der Waals surface area contributed by atoms with Crippen LogP contribution in [0.15, 0.2) is 42.5 Å². The average Bonchev–Trinajstić information content (AvgIpc) is 2.86. The Bertz CT molecular complexity index is 792. The molecule has 1 aliphatic rings. The smallest absolute Gasteiger partial charge is 0.404 e. The Balaban J connectivity index is 1.94. The van der Waals surface area contributed by atoms with Gasteiger partial charge in [0.15, 0.2) is 0 Å². The summed E-state index contributed by atoms with van der Waals surface area (Å²) in [4.78, 5) is 22.8. The lowest BCUT2D eigenvalue weighted by molar-refractivity contribution is -0.115. The van der Waals surface area contributed by atoms with Gasteiger partial charge in [0.1, 0.15) is 6.61 Å². The second-order valence-electron chi connectivity index (χ2n) is 5.59. The molecule has 5 nitrogen and oxygen atoms in total. The van der Waals surface area contributed by atoms with Crippen molar-refractivity contribution in [2.45, 2.75) is 12.3 Å². The number of benzene rings is 2. The molecule has 1 unspecified atom stereocenters. The molecule has 0 heterocycles. The van der Waals surface area contributed by atoms with Crippen molar-refractivity contribution in [1.29, 1.82) is 0 Å². The van der Waals surface area contributed by atoms with E-state index in [9.17, 15) is 9.59 Å². The lowest BCUT2D eigenvalue weighted by Crippen LogP contribution is -2.18. The van der Waals surface area contributed by atoms with Crippen molar-refractivity contribution in [2.24, 2.45) is 5.73 Å². The molecule has 0 saturated heterocycles. The van der Waals surface area contributed by atoms with E-state index < -0.39 is 6.09 Å². The molecular formula is C18H18N2O3S. The van der Waals surface area contributed by atoms with Gasteiger partial charge in [-0.2, -0.15) is 12.6 Å². The number of amides is 2. The molecule has 2 aromatic carbocycles. The molecule has 0 radical (unpaired) electrons. The second kappa shape index (κ2) is 6.97. The lowest BCUT2D eigenvalue weighted by atomic mass is 9.97. The molecule has 0 saturated carbocycles. The largest absolute Gasteiger partial charge is 0.449 e. The molecule has 0 spiro atoms. The van der Waals surface area contributed by atoms with E-state index in [4.69, 9.17) is 10.5 Å². The van der Waals surface area contributed by atoms with Crippen LogP contribution in [0.3, 0.4) is 0 Å². The number of rotatable bonds is 5. The molecule has 0 aliphatic heterocycles. The molecule has 3 rings (SSSR count). The number of hydrogen-bond donors (Lipinski definition) is 3. The van der Waals surface area contributed by atoms with Crippen LogP contribution in [0.25, 0.3) is 11.1 Å². The predicted molar refractivity (Wildman–Crippen MR) is 96.4 cm³/mol. The Kier molecular flexibility index (Phi) is 4.76. The molecular weight excluding hydrogens is 324 g/mol. The second-order valence-corrected chi connectivity index (χ2v) is 6.04. The monoisotopic (exact) mass is 342 g/mol. The zero-order valence-electron chi connectivity index (χ0n) is 13.0. The Morgan fingerprint density at radius 1 is 1.12 bits per heavy atom. The highest BCUT2D eigenvalue weighted by molar-refractivity contribution is 7.80. The Morgan fingerprint density at radius 2 is 1.88 bits per heavy atom. The van der Waals surface area contributed by atoms with Gasteiger partial charge in [0.05, 0.1) is 0 Å². The van der Waals surface area contributed by atoms with Gasteiger partial charge < -0.3 is 15.8 Å². The number of carbonyl (C=O) groups excluding carboxylic acids is 2. The fraction of sp³-hybridized carbons (Fsp3) is 0.222. The fourth-order valence-corrected chi connectivity index (χ4v) is 3.26. The average molecular weight is 342 g/mol. The summed E-state index contributed by atoms with van der Waals surface area (Å²) in [5.74, 6) is 0.327. The quantitative estimate of drug-likeness (QED) is 0.730. The molecule has 24 heavy (non-hydrogen) atoms. The molecule has 2 aromatic rings.